The van der Waals surface area contributed by atoms with Gasteiger partial charge in [0.15, 0.2) is 11.5 Å². The molecule has 1 aromatic rings. The van der Waals surface area contributed by atoms with Crippen LogP contribution in [0.4, 0.5) is 0 Å². The van der Waals surface area contributed by atoms with E-state index < -0.39 is 10.0 Å². The molecule has 2 rings (SSSR count). The van der Waals surface area contributed by atoms with E-state index in [9.17, 15) is 13.2 Å². The van der Waals surface area contributed by atoms with Gasteiger partial charge in [-0.3, -0.25) is 4.79 Å². The predicted molar refractivity (Wildman–Crippen MR) is 108 cm³/mol. The molecule has 1 heterocycles. The summed E-state index contributed by atoms with van der Waals surface area (Å²) in [6.07, 6.45) is 1.06. The second kappa shape index (κ2) is 9.13. The number of hydrogen-bond donors (Lipinski definition) is 0. The normalized spacial score (nSPS) is 16.4. The van der Waals surface area contributed by atoms with Gasteiger partial charge >= 0.3 is 0 Å². The van der Waals surface area contributed by atoms with Crippen molar-refractivity contribution in [3.63, 3.8) is 0 Å². The first-order valence-electron chi connectivity index (χ1n) is 9.67. The van der Waals surface area contributed by atoms with Crippen LogP contribution in [0.2, 0.25) is 0 Å². The highest BCUT2D eigenvalue weighted by molar-refractivity contribution is 7.89. The summed E-state index contributed by atoms with van der Waals surface area (Å²) in [5.41, 5.74) is 0. The molecule has 0 aliphatic carbocycles. The second-order valence-electron chi connectivity index (χ2n) is 7.63. The average molecular weight is 413 g/mol. The van der Waals surface area contributed by atoms with Crippen molar-refractivity contribution in [2.45, 2.75) is 57.5 Å². The SMILES string of the molecule is COc1ccc(S(=O)(=O)N2CCC(C(=O)N(C(C)C)C(C)C)CC2)cc1OC. The molecule has 1 amide bonds. The molecule has 28 heavy (non-hydrogen) atoms. The Kier molecular flexibility index (Phi) is 7.33. The summed E-state index contributed by atoms with van der Waals surface area (Å²) in [7, 11) is -0.671. The number of carbonyl (C=O) groups is 1. The molecule has 7 nitrogen and oxygen atoms in total. The van der Waals surface area contributed by atoms with Crippen LogP contribution in [0, 0.1) is 5.92 Å². The highest BCUT2D eigenvalue weighted by Crippen LogP contribution is 2.32. The molecule has 0 N–H and O–H groups in total. The molecular formula is C20H32N2O5S. The molecule has 1 aliphatic rings. The fourth-order valence-electron chi connectivity index (χ4n) is 3.79. The monoisotopic (exact) mass is 412 g/mol. The van der Waals surface area contributed by atoms with Crippen LogP contribution in [-0.2, 0) is 14.8 Å². The van der Waals surface area contributed by atoms with Crippen molar-refractivity contribution in [1.82, 2.24) is 9.21 Å². The number of piperidine rings is 1. The smallest absolute Gasteiger partial charge is 0.243 e. The van der Waals surface area contributed by atoms with Crippen molar-refractivity contribution in [2.24, 2.45) is 5.92 Å². The number of nitrogens with zero attached hydrogens (tertiary/aromatic N) is 2. The average Bonchev–Trinajstić information content (AvgIpc) is 2.66. The van der Waals surface area contributed by atoms with Crippen LogP contribution >= 0.6 is 0 Å². The summed E-state index contributed by atoms with van der Waals surface area (Å²) < 4.78 is 37.9. The lowest BCUT2D eigenvalue weighted by Crippen LogP contribution is -2.48. The summed E-state index contributed by atoms with van der Waals surface area (Å²) in [4.78, 5) is 14.9. The molecule has 8 heteroatoms. The van der Waals surface area contributed by atoms with Gasteiger partial charge in [0.1, 0.15) is 0 Å². The lowest BCUT2D eigenvalue weighted by Gasteiger charge is -2.37. The molecule has 0 atom stereocenters. The van der Waals surface area contributed by atoms with E-state index in [2.05, 4.69) is 0 Å². The Morgan fingerprint density at radius 2 is 1.57 bits per heavy atom. The number of ether oxygens (including phenoxy) is 2. The Morgan fingerprint density at radius 3 is 2.04 bits per heavy atom. The zero-order valence-electron chi connectivity index (χ0n) is 17.6. The third-order valence-electron chi connectivity index (χ3n) is 5.16. The zero-order chi connectivity index (χ0) is 21.1. The van der Waals surface area contributed by atoms with Crippen LogP contribution < -0.4 is 9.47 Å². The van der Waals surface area contributed by atoms with E-state index in [1.54, 1.807) is 6.07 Å². The van der Waals surface area contributed by atoms with Gasteiger partial charge in [0, 0.05) is 37.2 Å². The van der Waals surface area contributed by atoms with E-state index >= 15 is 0 Å². The minimum absolute atomic E-state index is 0.119. The number of sulfonamides is 1. The number of rotatable bonds is 7. The van der Waals surface area contributed by atoms with Gasteiger partial charge in [0.25, 0.3) is 0 Å². The Labute approximate surface area is 168 Å². The number of methoxy groups -OCH3 is 2. The fraction of sp³-hybridized carbons (Fsp3) is 0.650. The molecule has 0 spiro atoms. The van der Waals surface area contributed by atoms with Crippen molar-refractivity contribution < 1.29 is 22.7 Å². The van der Waals surface area contributed by atoms with E-state index in [-0.39, 0.29) is 28.8 Å². The quantitative estimate of drug-likeness (QED) is 0.688. The third-order valence-corrected chi connectivity index (χ3v) is 7.06. The Morgan fingerprint density at radius 1 is 1.04 bits per heavy atom. The summed E-state index contributed by atoms with van der Waals surface area (Å²) in [5.74, 6) is 0.834. The minimum atomic E-state index is -3.65. The standard InChI is InChI=1S/C20H32N2O5S/c1-14(2)22(15(3)4)20(23)16-9-11-21(12-10-16)28(24,25)17-7-8-18(26-5)19(13-17)27-6/h7-8,13-16H,9-12H2,1-6H3. The van der Waals surface area contributed by atoms with Gasteiger partial charge in [-0.15, -0.1) is 0 Å². The Balaban J connectivity index is 2.13. The third kappa shape index (κ3) is 4.60. The van der Waals surface area contributed by atoms with Crippen LogP contribution in [0.25, 0.3) is 0 Å². The molecule has 0 bridgehead atoms. The summed E-state index contributed by atoms with van der Waals surface area (Å²) in [6.45, 7) is 8.69. The molecule has 1 fully saturated rings. The predicted octanol–water partition coefficient (Wildman–Crippen LogP) is 2.75. The molecule has 1 aliphatic heterocycles. The molecule has 1 aromatic carbocycles. The van der Waals surface area contributed by atoms with Crippen molar-refractivity contribution in [3.8, 4) is 11.5 Å². The van der Waals surface area contributed by atoms with E-state index in [1.165, 1.54) is 30.7 Å². The summed E-state index contributed by atoms with van der Waals surface area (Å²) in [6, 6.07) is 4.84. The van der Waals surface area contributed by atoms with E-state index in [0.717, 1.165) is 0 Å². The first kappa shape index (κ1) is 22.5. The molecule has 0 aromatic heterocycles. The lowest BCUT2D eigenvalue weighted by atomic mass is 9.95. The Hall–Kier alpha value is -1.80. The maximum absolute atomic E-state index is 13.0. The molecule has 1 saturated heterocycles. The molecule has 158 valence electrons. The second-order valence-corrected chi connectivity index (χ2v) is 9.57. The molecule has 0 saturated carbocycles. The van der Waals surface area contributed by atoms with Gasteiger partial charge in [-0.05, 0) is 52.7 Å². The van der Waals surface area contributed by atoms with E-state index in [4.69, 9.17) is 9.47 Å². The number of amides is 1. The summed E-state index contributed by atoms with van der Waals surface area (Å²) in [5, 5.41) is 0. The zero-order valence-corrected chi connectivity index (χ0v) is 18.5. The number of hydrogen-bond acceptors (Lipinski definition) is 5. The molecular weight excluding hydrogens is 380 g/mol. The maximum Gasteiger partial charge on any atom is 0.243 e. The van der Waals surface area contributed by atoms with Crippen molar-refractivity contribution in [3.05, 3.63) is 18.2 Å². The Bertz CT molecular complexity index is 776. The van der Waals surface area contributed by atoms with Gasteiger partial charge in [0.2, 0.25) is 15.9 Å². The first-order valence-corrected chi connectivity index (χ1v) is 11.1. The lowest BCUT2D eigenvalue weighted by molar-refractivity contribution is -0.140. The molecule has 0 unspecified atom stereocenters. The topological polar surface area (TPSA) is 76.2 Å². The van der Waals surface area contributed by atoms with Gasteiger partial charge < -0.3 is 14.4 Å². The van der Waals surface area contributed by atoms with Crippen molar-refractivity contribution in [2.75, 3.05) is 27.3 Å². The number of benzene rings is 1. The highest BCUT2D eigenvalue weighted by atomic mass is 32.2. The van der Waals surface area contributed by atoms with E-state index in [1.807, 2.05) is 32.6 Å². The van der Waals surface area contributed by atoms with Crippen LogP contribution in [0.1, 0.15) is 40.5 Å². The minimum Gasteiger partial charge on any atom is -0.493 e. The van der Waals surface area contributed by atoms with Gasteiger partial charge in [-0.2, -0.15) is 4.31 Å². The largest absolute Gasteiger partial charge is 0.493 e. The van der Waals surface area contributed by atoms with Gasteiger partial charge in [0.05, 0.1) is 19.1 Å². The van der Waals surface area contributed by atoms with Crippen LogP contribution in [0.5, 0.6) is 11.5 Å². The van der Waals surface area contributed by atoms with Crippen LogP contribution in [0.15, 0.2) is 23.1 Å². The van der Waals surface area contributed by atoms with Crippen molar-refractivity contribution >= 4 is 15.9 Å². The van der Waals surface area contributed by atoms with Crippen LogP contribution in [0.3, 0.4) is 0 Å². The van der Waals surface area contributed by atoms with Crippen LogP contribution in [-0.4, -0.2) is 62.9 Å². The fourth-order valence-corrected chi connectivity index (χ4v) is 5.27. The van der Waals surface area contributed by atoms with Gasteiger partial charge in [-0.25, -0.2) is 8.42 Å². The van der Waals surface area contributed by atoms with Gasteiger partial charge in [-0.1, -0.05) is 0 Å². The first-order chi connectivity index (χ1) is 13.1. The van der Waals surface area contributed by atoms with E-state index in [0.29, 0.717) is 37.4 Å². The van der Waals surface area contributed by atoms with Crippen molar-refractivity contribution in [1.29, 1.82) is 0 Å². The summed E-state index contributed by atoms with van der Waals surface area (Å²) >= 11 is 0. The highest BCUT2D eigenvalue weighted by Gasteiger charge is 2.35. The number of carbonyl (C=O) groups excluding carboxylic acids is 1. The maximum atomic E-state index is 13.0. The molecule has 0 radical (unpaired) electrons.